The molecule has 0 saturated heterocycles. The molecular weight excluding hydrogens is 408 g/mol. The molecular formula is C23H26N6OS. The molecule has 2 atom stereocenters. The zero-order valence-electron chi connectivity index (χ0n) is 17.6. The van der Waals surface area contributed by atoms with Gasteiger partial charge in [-0.3, -0.25) is 9.97 Å². The van der Waals surface area contributed by atoms with Gasteiger partial charge in [-0.2, -0.15) is 4.98 Å². The minimum absolute atomic E-state index is 0. The largest absolute Gasteiger partial charge is 0.478 e. The van der Waals surface area contributed by atoms with Gasteiger partial charge in [0.1, 0.15) is 11.6 Å². The monoisotopic (exact) mass is 434 g/mol. The minimum Gasteiger partial charge on any atom is -0.478 e. The van der Waals surface area contributed by atoms with Crippen molar-refractivity contribution in [1.29, 1.82) is 0 Å². The van der Waals surface area contributed by atoms with E-state index in [-0.39, 0.29) is 1.43 Å². The Labute approximate surface area is 186 Å². The first kappa shape index (κ1) is 19.8. The molecule has 1 fully saturated rings. The number of thiazole rings is 1. The van der Waals surface area contributed by atoms with Crippen molar-refractivity contribution in [2.75, 3.05) is 11.9 Å². The Balaban J connectivity index is 0.00000245. The molecule has 1 N–H and O–H groups in total. The van der Waals surface area contributed by atoms with Gasteiger partial charge in [0.05, 0.1) is 29.2 Å². The van der Waals surface area contributed by atoms with E-state index < -0.39 is 0 Å². The minimum atomic E-state index is 0. The molecule has 7 nitrogen and oxygen atoms in total. The number of hydrogen-bond donors (Lipinski definition) is 1. The van der Waals surface area contributed by atoms with Gasteiger partial charge in [-0.25, -0.2) is 9.97 Å². The van der Waals surface area contributed by atoms with Gasteiger partial charge in [0.25, 0.3) is 0 Å². The Bertz CT molecular complexity index is 1220. The SMILES string of the molecule is Cc1nc(NCc2cnc(C)s2)cc(OCC[C@H]2C[C@@H]2c2ccc3ncccc3n2)n1.[HH]. The van der Waals surface area contributed by atoms with Crippen molar-refractivity contribution in [2.45, 2.75) is 39.2 Å². The standard InChI is InChI=1S/C23H24N6OS.H2/c1-14-27-22(26-13-17-12-25-15(2)31-17)11-23(28-14)30-9-7-16-10-18(16)19-5-6-20-21(29-19)4-3-8-24-20;/h3-6,8,11-12,16,18H,7,9-10,13H2,1-2H3,(H,26,27,28);1H/t16-,18-;/m0./s1. The average molecular weight is 435 g/mol. The fourth-order valence-corrected chi connectivity index (χ4v) is 4.53. The van der Waals surface area contributed by atoms with Crippen molar-refractivity contribution < 1.29 is 6.16 Å². The second kappa shape index (κ2) is 8.55. The quantitative estimate of drug-likeness (QED) is 0.421. The molecule has 1 saturated carbocycles. The van der Waals surface area contributed by atoms with E-state index in [1.54, 1.807) is 17.5 Å². The van der Waals surface area contributed by atoms with E-state index in [0.717, 1.165) is 40.4 Å². The molecule has 0 amide bonds. The van der Waals surface area contributed by atoms with Crippen LogP contribution in [0.4, 0.5) is 5.82 Å². The van der Waals surface area contributed by atoms with Crippen LogP contribution in [0.5, 0.6) is 5.88 Å². The van der Waals surface area contributed by atoms with E-state index in [1.165, 1.54) is 4.88 Å². The smallest absolute Gasteiger partial charge is 0.218 e. The first-order chi connectivity index (χ1) is 15.1. The van der Waals surface area contributed by atoms with Crippen LogP contribution < -0.4 is 10.1 Å². The molecule has 5 rings (SSSR count). The third-order valence-electron chi connectivity index (χ3n) is 5.45. The van der Waals surface area contributed by atoms with Gasteiger partial charge in [0, 0.05) is 36.4 Å². The predicted octanol–water partition coefficient (Wildman–Crippen LogP) is 4.92. The Morgan fingerprint density at radius 1 is 1.13 bits per heavy atom. The Morgan fingerprint density at radius 2 is 2.06 bits per heavy atom. The highest BCUT2D eigenvalue weighted by Crippen LogP contribution is 2.49. The number of hydrogen-bond acceptors (Lipinski definition) is 8. The van der Waals surface area contributed by atoms with Crippen LogP contribution in [0.1, 0.15) is 41.6 Å². The molecule has 4 heterocycles. The van der Waals surface area contributed by atoms with E-state index >= 15 is 0 Å². The molecule has 0 spiro atoms. The number of aryl methyl sites for hydroxylation is 2. The summed E-state index contributed by atoms with van der Waals surface area (Å²) in [7, 11) is 0. The number of anilines is 1. The second-order valence-corrected chi connectivity index (χ2v) is 9.17. The summed E-state index contributed by atoms with van der Waals surface area (Å²) in [5, 5.41) is 4.40. The van der Waals surface area contributed by atoms with Gasteiger partial charge in [-0.15, -0.1) is 11.3 Å². The number of rotatable bonds is 8. The molecule has 0 radical (unpaired) electrons. The molecule has 0 bridgehead atoms. The number of nitrogens with one attached hydrogen (secondary N) is 1. The van der Waals surface area contributed by atoms with Crippen LogP contribution in [-0.2, 0) is 6.54 Å². The van der Waals surface area contributed by atoms with Gasteiger partial charge < -0.3 is 10.1 Å². The van der Waals surface area contributed by atoms with E-state index in [2.05, 4.69) is 37.4 Å². The number of nitrogens with zero attached hydrogens (tertiary/aromatic N) is 5. The highest BCUT2D eigenvalue weighted by Gasteiger charge is 2.39. The summed E-state index contributed by atoms with van der Waals surface area (Å²) in [5.74, 6) is 3.20. The maximum absolute atomic E-state index is 5.96. The number of pyridine rings is 2. The molecule has 8 heteroatoms. The van der Waals surface area contributed by atoms with E-state index in [1.807, 2.05) is 38.2 Å². The van der Waals surface area contributed by atoms with Crippen molar-refractivity contribution in [3.8, 4) is 5.88 Å². The van der Waals surface area contributed by atoms with E-state index in [9.17, 15) is 0 Å². The predicted molar refractivity (Wildman–Crippen MR) is 124 cm³/mol. The van der Waals surface area contributed by atoms with Crippen molar-refractivity contribution in [3.63, 3.8) is 0 Å². The highest BCUT2D eigenvalue weighted by molar-refractivity contribution is 7.11. The van der Waals surface area contributed by atoms with Crippen molar-refractivity contribution in [1.82, 2.24) is 24.9 Å². The summed E-state index contributed by atoms with van der Waals surface area (Å²) in [5.41, 5.74) is 3.07. The Kier molecular flexibility index (Phi) is 5.46. The maximum atomic E-state index is 5.96. The zero-order chi connectivity index (χ0) is 21.2. The fourth-order valence-electron chi connectivity index (χ4n) is 3.79. The highest BCUT2D eigenvalue weighted by atomic mass is 32.1. The first-order valence-corrected chi connectivity index (χ1v) is 11.3. The molecule has 4 aromatic rings. The van der Waals surface area contributed by atoms with Crippen LogP contribution in [0, 0.1) is 19.8 Å². The van der Waals surface area contributed by atoms with Crippen molar-refractivity contribution >= 4 is 28.2 Å². The second-order valence-electron chi connectivity index (χ2n) is 7.85. The average Bonchev–Trinajstić information content (AvgIpc) is 3.42. The van der Waals surface area contributed by atoms with Gasteiger partial charge in [0.2, 0.25) is 5.88 Å². The normalized spacial score (nSPS) is 17.6. The lowest BCUT2D eigenvalue weighted by molar-refractivity contribution is 0.289. The molecule has 31 heavy (non-hydrogen) atoms. The van der Waals surface area contributed by atoms with E-state index in [0.29, 0.717) is 36.7 Å². The Morgan fingerprint density at radius 3 is 2.94 bits per heavy atom. The first-order valence-electron chi connectivity index (χ1n) is 10.5. The molecule has 1 aliphatic rings. The molecule has 160 valence electrons. The summed E-state index contributed by atoms with van der Waals surface area (Å²) >= 11 is 1.68. The summed E-state index contributed by atoms with van der Waals surface area (Å²) in [6.07, 6.45) is 5.85. The van der Waals surface area contributed by atoms with Crippen LogP contribution in [0.2, 0.25) is 0 Å². The number of fused-ring (bicyclic) bond motifs is 1. The molecule has 0 unspecified atom stereocenters. The Hall–Kier alpha value is -3.13. The third-order valence-corrected chi connectivity index (χ3v) is 6.36. The van der Waals surface area contributed by atoms with Crippen LogP contribution in [0.15, 0.2) is 42.7 Å². The number of aromatic nitrogens is 5. The fraction of sp³-hybridized carbons (Fsp3) is 0.348. The summed E-state index contributed by atoms with van der Waals surface area (Å²) in [6, 6.07) is 9.99. The zero-order valence-corrected chi connectivity index (χ0v) is 18.4. The summed E-state index contributed by atoms with van der Waals surface area (Å²) in [6.45, 7) is 5.22. The van der Waals surface area contributed by atoms with Crippen LogP contribution in [0.3, 0.4) is 0 Å². The van der Waals surface area contributed by atoms with Gasteiger partial charge in [-0.1, -0.05) is 0 Å². The number of ether oxygens (including phenoxy) is 1. The van der Waals surface area contributed by atoms with Crippen LogP contribution >= 0.6 is 11.3 Å². The lowest BCUT2D eigenvalue weighted by Gasteiger charge is -2.09. The van der Waals surface area contributed by atoms with Gasteiger partial charge in [0.15, 0.2) is 0 Å². The molecule has 1 aliphatic carbocycles. The summed E-state index contributed by atoms with van der Waals surface area (Å²) < 4.78 is 5.96. The topological polar surface area (TPSA) is 85.7 Å². The van der Waals surface area contributed by atoms with E-state index in [4.69, 9.17) is 9.72 Å². The van der Waals surface area contributed by atoms with Gasteiger partial charge >= 0.3 is 0 Å². The third kappa shape index (κ3) is 4.80. The molecule has 0 aliphatic heterocycles. The van der Waals surface area contributed by atoms with Crippen LogP contribution in [-0.4, -0.2) is 31.5 Å². The molecule has 0 aromatic carbocycles. The van der Waals surface area contributed by atoms with Gasteiger partial charge in [-0.05, 0) is 56.9 Å². The lowest BCUT2D eigenvalue weighted by atomic mass is 10.1. The lowest BCUT2D eigenvalue weighted by Crippen LogP contribution is -2.06. The molecule has 4 aromatic heterocycles. The van der Waals surface area contributed by atoms with Crippen molar-refractivity contribution in [3.05, 3.63) is 64.1 Å². The summed E-state index contributed by atoms with van der Waals surface area (Å²) in [4.78, 5) is 23.5. The van der Waals surface area contributed by atoms with Crippen LogP contribution in [0.25, 0.3) is 11.0 Å². The van der Waals surface area contributed by atoms with Crippen molar-refractivity contribution in [2.24, 2.45) is 5.92 Å². The maximum Gasteiger partial charge on any atom is 0.218 e.